The molecule has 7 nitrogen and oxygen atoms in total. The van der Waals surface area contributed by atoms with Gasteiger partial charge in [-0.05, 0) is 70.2 Å². The van der Waals surface area contributed by atoms with E-state index in [2.05, 4.69) is 5.32 Å². The van der Waals surface area contributed by atoms with Gasteiger partial charge in [-0.1, -0.05) is 48.9 Å². The molecule has 1 N–H and O–H groups in total. The lowest BCUT2D eigenvalue weighted by Crippen LogP contribution is -2.49. The quantitative estimate of drug-likeness (QED) is 0.451. The number of rotatable bonds is 12. The highest BCUT2D eigenvalue weighted by atomic mass is 32.2. The first-order valence-corrected chi connectivity index (χ1v) is 14.4. The van der Waals surface area contributed by atoms with Crippen molar-refractivity contribution in [1.82, 2.24) is 10.2 Å². The van der Waals surface area contributed by atoms with E-state index in [-0.39, 0.29) is 30.8 Å². The molecule has 0 saturated carbocycles. The third-order valence-electron chi connectivity index (χ3n) is 6.64. The Bertz CT molecular complexity index is 1150. The lowest BCUT2D eigenvalue weighted by Gasteiger charge is -2.30. The minimum Gasteiger partial charge on any atom is -0.352 e. The van der Waals surface area contributed by atoms with Crippen molar-refractivity contribution in [3.8, 4) is 0 Å². The van der Waals surface area contributed by atoms with Crippen LogP contribution in [0.15, 0.2) is 42.5 Å². The highest BCUT2D eigenvalue weighted by Crippen LogP contribution is 2.25. The van der Waals surface area contributed by atoms with E-state index in [9.17, 15) is 18.0 Å². The van der Waals surface area contributed by atoms with Gasteiger partial charge in [-0.15, -0.1) is 0 Å². The second-order valence-electron chi connectivity index (χ2n) is 9.66. The van der Waals surface area contributed by atoms with Crippen LogP contribution in [-0.2, 0) is 26.2 Å². The van der Waals surface area contributed by atoms with Gasteiger partial charge in [0.05, 0.1) is 11.9 Å². The standard InChI is InChI=1S/C28H41N3O4S/c1-8-22(4)29-28(33)24(6)30(19-25-16-14-20(2)15-17-25)27(32)13-10-18-31(36(7,34)35)26-12-9-11-21(3)23(26)5/h9,11-12,14-17,22,24H,8,10,13,18-19H2,1-7H3,(H,29,33)/t22-,24-/m0/s1. The van der Waals surface area contributed by atoms with Crippen LogP contribution in [0.2, 0.25) is 0 Å². The molecule has 0 heterocycles. The van der Waals surface area contributed by atoms with E-state index in [0.29, 0.717) is 18.7 Å². The number of anilines is 1. The summed E-state index contributed by atoms with van der Waals surface area (Å²) in [7, 11) is -3.53. The average Bonchev–Trinajstić information content (AvgIpc) is 2.82. The van der Waals surface area contributed by atoms with Crippen LogP contribution in [0, 0.1) is 20.8 Å². The minimum absolute atomic E-state index is 0.0113. The monoisotopic (exact) mass is 515 g/mol. The fraction of sp³-hybridized carbons (Fsp3) is 0.500. The molecular weight excluding hydrogens is 474 g/mol. The molecule has 2 rings (SSSR count). The Balaban J connectivity index is 2.20. The van der Waals surface area contributed by atoms with Crippen molar-refractivity contribution < 1.29 is 18.0 Å². The summed E-state index contributed by atoms with van der Waals surface area (Å²) in [6, 6.07) is 12.8. The van der Waals surface area contributed by atoms with Crippen LogP contribution >= 0.6 is 0 Å². The minimum atomic E-state index is -3.53. The van der Waals surface area contributed by atoms with E-state index in [0.717, 1.165) is 28.7 Å². The number of carbonyl (C=O) groups is 2. The fourth-order valence-corrected chi connectivity index (χ4v) is 4.94. The molecule has 0 saturated heterocycles. The molecule has 0 radical (unpaired) electrons. The molecule has 0 unspecified atom stereocenters. The summed E-state index contributed by atoms with van der Waals surface area (Å²) in [5.41, 5.74) is 4.58. The van der Waals surface area contributed by atoms with Gasteiger partial charge in [0.15, 0.2) is 0 Å². The maximum Gasteiger partial charge on any atom is 0.242 e. The zero-order valence-corrected chi connectivity index (χ0v) is 23.5. The van der Waals surface area contributed by atoms with Gasteiger partial charge >= 0.3 is 0 Å². The Hall–Kier alpha value is -2.87. The van der Waals surface area contributed by atoms with Crippen LogP contribution < -0.4 is 9.62 Å². The number of sulfonamides is 1. The molecule has 36 heavy (non-hydrogen) atoms. The number of amides is 2. The second-order valence-corrected chi connectivity index (χ2v) is 11.6. The zero-order valence-electron chi connectivity index (χ0n) is 22.7. The van der Waals surface area contributed by atoms with Crippen LogP contribution in [0.25, 0.3) is 0 Å². The van der Waals surface area contributed by atoms with Crippen molar-refractivity contribution in [2.75, 3.05) is 17.1 Å². The predicted octanol–water partition coefficient (Wildman–Crippen LogP) is 4.49. The molecule has 0 aromatic heterocycles. The van der Waals surface area contributed by atoms with Crippen molar-refractivity contribution in [1.29, 1.82) is 0 Å². The molecule has 0 aliphatic carbocycles. The maximum atomic E-state index is 13.4. The van der Waals surface area contributed by atoms with Gasteiger partial charge in [0.25, 0.3) is 0 Å². The van der Waals surface area contributed by atoms with Gasteiger partial charge in [0, 0.05) is 25.6 Å². The van der Waals surface area contributed by atoms with Gasteiger partial charge in [0.2, 0.25) is 21.8 Å². The first-order chi connectivity index (χ1) is 16.8. The molecule has 0 aliphatic rings. The van der Waals surface area contributed by atoms with E-state index in [1.807, 2.05) is 71.0 Å². The number of hydrogen-bond acceptors (Lipinski definition) is 4. The lowest BCUT2D eigenvalue weighted by molar-refractivity contribution is -0.140. The zero-order chi connectivity index (χ0) is 27.0. The molecule has 198 valence electrons. The summed E-state index contributed by atoms with van der Waals surface area (Å²) in [5.74, 6) is -0.380. The number of carbonyl (C=O) groups excluding carboxylic acids is 2. The SMILES string of the molecule is CC[C@H](C)NC(=O)[C@H](C)N(Cc1ccc(C)cc1)C(=O)CCCN(c1cccc(C)c1C)S(C)(=O)=O. The maximum absolute atomic E-state index is 13.4. The lowest BCUT2D eigenvalue weighted by atomic mass is 10.1. The van der Waals surface area contributed by atoms with Gasteiger partial charge in [-0.25, -0.2) is 8.42 Å². The van der Waals surface area contributed by atoms with Crippen LogP contribution in [0.1, 0.15) is 62.3 Å². The summed E-state index contributed by atoms with van der Waals surface area (Å²) < 4.78 is 26.5. The first-order valence-electron chi connectivity index (χ1n) is 12.5. The smallest absolute Gasteiger partial charge is 0.242 e. The highest BCUT2D eigenvalue weighted by molar-refractivity contribution is 7.92. The van der Waals surface area contributed by atoms with Crippen LogP contribution in [-0.4, -0.2) is 50.0 Å². The van der Waals surface area contributed by atoms with E-state index in [1.54, 1.807) is 17.9 Å². The fourth-order valence-electron chi connectivity index (χ4n) is 3.93. The summed E-state index contributed by atoms with van der Waals surface area (Å²) in [6.07, 6.45) is 2.44. The Morgan fingerprint density at radius 2 is 1.64 bits per heavy atom. The molecule has 2 aromatic carbocycles. The summed E-state index contributed by atoms with van der Waals surface area (Å²) >= 11 is 0. The molecule has 0 bridgehead atoms. The van der Waals surface area contributed by atoms with Crippen LogP contribution in [0.5, 0.6) is 0 Å². The molecule has 2 atom stereocenters. The van der Waals surface area contributed by atoms with Crippen molar-refractivity contribution in [3.05, 3.63) is 64.7 Å². The van der Waals surface area contributed by atoms with E-state index < -0.39 is 16.1 Å². The van der Waals surface area contributed by atoms with Crippen LogP contribution in [0.4, 0.5) is 5.69 Å². The molecule has 2 aromatic rings. The second kappa shape index (κ2) is 12.9. The Labute approximate surface area is 216 Å². The molecule has 0 spiro atoms. The predicted molar refractivity (Wildman–Crippen MR) is 146 cm³/mol. The van der Waals surface area contributed by atoms with Crippen molar-refractivity contribution in [2.45, 2.75) is 79.4 Å². The van der Waals surface area contributed by atoms with Gasteiger partial charge in [0.1, 0.15) is 6.04 Å². The molecular formula is C28H41N3O4S. The summed E-state index contributed by atoms with van der Waals surface area (Å²) in [5, 5.41) is 2.97. The molecule has 8 heteroatoms. The Morgan fingerprint density at radius 3 is 2.22 bits per heavy atom. The van der Waals surface area contributed by atoms with E-state index in [1.165, 1.54) is 10.6 Å². The molecule has 0 fully saturated rings. The molecule has 2 amide bonds. The van der Waals surface area contributed by atoms with Crippen molar-refractivity contribution in [3.63, 3.8) is 0 Å². The number of hydrogen-bond donors (Lipinski definition) is 1. The van der Waals surface area contributed by atoms with Crippen molar-refractivity contribution in [2.24, 2.45) is 0 Å². The van der Waals surface area contributed by atoms with E-state index >= 15 is 0 Å². The normalized spacial score (nSPS) is 13.1. The number of aryl methyl sites for hydroxylation is 2. The summed E-state index contributed by atoms with van der Waals surface area (Å²) in [6.45, 7) is 12.0. The third kappa shape index (κ3) is 8.08. The topological polar surface area (TPSA) is 86.8 Å². The van der Waals surface area contributed by atoms with Crippen molar-refractivity contribution >= 4 is 27.5 Å². The number of nitrogens with zero attached hydrogens (tertiary/aromatic N) is 2. The third-order valence-corrected chi connectivity index (χ3v) is 7.82. The van der Waals surface area contributed by atoms with E-state index in [4.69, 9.17) is 0 Å². The highest BCUT2D eigenvalue weighted by Gasteiger charge is 2.27. The average molecular weight is 516 g/mol. The summed E-state index contributed by atoms with van der Waals surface area (Å²) in [4.78, 5) is 27.8. The number of benzene rings is 2. The van der Waals surface area contributed by atoms with Gasteiger partial charge in [-0.3, -0.25) is 13.9 Å². The number of nitrogens with one attached hydrogen (secondary N) is 1. The molecule has 0 aliphatic heterocycles. The van der Waals surface area contributed by atoms with Crippen LogP contribution in [0.3, 0.4) is 0 Å². The first kappa shape index (κ1) is 29.4. The largest absolute Gasteiger partial charge is 0.352 e. The Morgan fingerprint density at radius 1 is 1.00 bits per heavy atom. The van der Waals surface area contributed by atoms with Gasteiger partial charge < -0.3 is 10.2 Å². The van der Waals surface area contributed by atoms with Gasteiger partial charge in [-0.2, -0.15) is 0 Å². The Kier molecular flexibility index (Phi) is 10.5.